The van der Waals surface area contributed by atoms with Crippen molar-refractivity contribution in [2.75, 3.05) is 27.4 Å². The molecule has 1 aliphatic heterocycles. The summed E-state index contributed by atoms with van der Waals surface area (Å²) in [5.41, 5.74) is -1.02. The fraction of sp³-hybridized carbons (Fsp3) is 0.391. The molecule has 1 N–H and O–H groups in total. The zero-order chi connectivity index (χ0) is 22.6. The first-order valence-corrected chi connectivity index (χ1v) is 10.8. The van der Waals surface area contributed by atoms with Gasteiger partial charge in [0.15, 0.2) is 0 Å². The molecular weight excluding hydrogens is 420 g/mol. The van der Waals surface area contributed by atoms with Crippen LogP contribution in [0.5, 0.6) is 11.5 Å². The minimum atomic E-state index is -2.02. The van der Waals surface area contributed by atoms with Crippen molar-refractivity contribution in [3.63, 3.8) is 0 Å². The Morgan fingerprint density at radius 2 is 1.61 bits per heavy atom. The summed E-state index contributed by atoms with van der Waals surface area (Å²) in [7, 11) is 3.06. The Bertz CT molecular complexity index is 941. The smallest absolute Gasteiger partial charge is 0.328 e. The second-order valence-electron chi connectivity index (χ2n) is 6.86. The molecule has 0 saturated carbocycles. The van der Waals surface area contributed by atoms with Crippen LogP contribution in [-0.2, 0) is 19.1 Å². The summed E-state index contributed by atoms with van der Waals surface area (Å²) in [6.45, 7) is 3.39. The van der Waals surface area contributed by atoms with Crippen LogP contribution in [0.1, 0.15) is 36.3 Å². The number of methoxy groups -OCH3 is 2. The first-order valence-electron chi connectivity index (χ1n) is 9.95. The molecule has 0 aromatic heterocycles. The summed E-state index contributed by atoms with van der Waals surface area (Å²) in [6.07, 6.45) is -1.50. The largest absolute Gasteiger partial charge is 0.497 e. The van der Waals surface area contributed by atoms with Gasteiger partial charge in [0.25, 0.3) is 0 Å². The summed E-state index contributed by atoms with van der Waals surface area (Å²) in [6, 6.07) is 12.2. The number of carbonyl (C=O) groups excluding carboxylic acids is 2. The molecule has 0 radical (unpaired) electrons. The minimum absolute atomic E-state index is 0.0471. The Morgan fingerprint density at radius 3 is 2.19 bits per heavy atom. The van der Waals surface area contributed by atoms with E-state index in [0.29, 0.717) is 27.5 Å². The molecule has 2 atom stereocenters. The summed E-state index contributed by atoms with van der Waals surface area (Å²) >= 11 is 1.27. The maximum absolute atomic E-state index is 13.4. The Morgan fingerprint density at radius 1 is 0.968 bits per heavy atom. The normalized spacial score (nSPS) is 19.1. The SMILES string of the molecule is CCOC(=O)C1(C(=O)OCC)C(O)c2ccc(OC)cc2SC1c1ccccc1OC. The first kappa shape index (κ1) is 23.0. The number of fused-ring (bicyclic) bond motifs is 1. The maximum atomic E-state index is 13.4. The van der Waals surface area contributed by atoms with Crippen molar-refractivity contribution < 1.29 is 33.6 Å². The molecule has 0 aliphatic carbocycles. The van der Waals surface area contributed by atoms with Crippen molar-refractivity contribution in [1.82, 2.24) is 0 Å². The van der Waals surface area contributed by atoms with E-state index >= 15 is 0 Å². The van der Waals surface area contributed by atoms with E-state index in [4.69, 9.17) is 18.9 Å². The molecule has 3 rings (SSSR count). The van der Waals surface area contributed by atoms with E-state index in [1.54, 1.807) is 63.4 Å². The highest BCUT2D eigenvalue weighted by Crippen LogP contribution is 2.62. The quantitative estimate of drug-likeness (QED) is 0.509. The monoisotopic (exact) mass is 446 g/mol. The average Bonchev–Trinajstić information content (AvgIpc) is 2.78. The molecule has 0 spiro atoms. The number of aliphatic hydroxyl groups is 1. The lowest BCUT2D eigenvalue weighted by Crippen LogP contribution is -2.52. The molecule has 31 heavy (non-hydrogen) atoms. The van der Waals surface area contributed by atoms with Crippen molar-refractivity contribution in [2.24, 2.45) is 5.41 Å². The number of ether oxygens (including phenoxy) is 4. The van der Waals surface area contributed by atoms with Gasteiger partial charge in [0.1, 0.15) is 17.6 Å². The maximum Gasteiger partial charge on any atom is 0.328 e. The highest BCUT2D eigenvalue weighted by Gasteiger charge is 2.64. The number of aliphatic hydroxyl groups excluding tert-OH is 1. The van der Waals surface area contributed by atoms with Gasteiger partial charge in [-0.05, 0) is 37.6 Å². The van der Waals surface area contributed by atoms with Crippen LogP contribution in [0.3, 0.4) is 0 Å². The van der Waals surface area contributed by atoms with Crippen LogP contribution in [0.25, 0.3) is 0 Å². The third kappa shape index (κ3) is 3.85. The van der Waals surface area contributed by atoms with Crippen LogP contribution in [-0.4, -0.2) is 44.5 Å². The summed E-state index contributed by atoms with van der Waals surface area (Å²) in [5, 5.41) is 10.7. The van der Waals surface area contributed by atoms with Gasteiger partial charge < -0.3 is 24.1 Å². The number of hydrogen-bond acceptors (Lipinski definition) is 8. The Hall–Kier alpha value is -2.71. The first-order chi connectivity index (χ1) is 14.9. The van der Waals surface area contributed by atoms with Crippen LogP contribution >= 0.6 is 11.8 Å². The summed E-state index contributed by atoms with van der Waals surface area (Å²) < 4.78 is 21.5. The van der Waals surface area contributed by atoms with Gasteiger partial charge in [-0.1, -0.05) is 24.3 Å². The number of esters is 2. The zero-order valence-corrected chi connectivity index (χ0v) is 18.7. The second-order valence-corrected chi connectivity index (χ2v) is 8.00. The van der Waals surface area contributed by atoms with Gasteiger partial charge in [-0.15, -0.1) is 11.8 Å². The number of para-hydroxylation sites is 1. The van der Waals surface area contributed by atoms with E-state index in [1.807, 2.05) is 0 Å². The summed E-state index contributed by atoms with van der Waals surface area (Å²) in [5.74, 6) is -0.606. The average molecular weight is 447 g/mol. The molecule has 8 heteroatoms. The third-order valence-electron chi connectivity index (χ3n) is 5.25. The summed E-state index contributed by atoms with van der Waals surface area (Å²) in [4.78, 5) is 27.5. The van der Waals surface area contributed by atoms with Gasteiger partial charge >= 0.3 is 11.9 Å². The van der Waals surface area contributed by atoms with E-state index < -0.39 is 28.7 Å². The van der Waals surface area contributed by atoms with Gasteiger partial charge in [0, 0.05) is 10.5 Å². The third-order valence-corrected chi connectivity index (χ3v) is 6.72. The van der Waals surface area contributed by atoms with Crippen molar-refractivity contribution >= 4 is 23.7 Å². The molecule has 0 amide bonds. The molecule has 7 nitrogen and oxygen atoms in total. The minimum Gasteiger partial charge on any atom is -0.497 e. The van der Waals surface area contributed by atoms with Crippen LogP contribution in [0.2, 0.25) is 0 Å². The zero-order valence-electron chi connectivity index (χ0n) is 17.9. The Labute approximate surface area is 185 Å². The molecule has 2 aromatic carbocycles. The lowest BCUT2D eigenvalue weighted by molar-refractivity contribution is -0.182. The van der Waals surface area contributed by atoms with Crippen molar-refractivity contribution in [3.8, 4) is 11.5 Å². The molecule has 1 heterocycles. The standard InChI is InChI=1S/C23H26O7S/c1-5-29-21(25)23(22(26)30-6-2)19(24)16-12-11-14(27-3)13-18(16)31-20(23)15-9-7-8-10-17(15)28-4/h7-13,19-20,24H,5-6H2,1-4H3. The molecule has 0 saturated heterocycles. The molecule has 166 valence electrons. The van der Waals surface area contributed by atoms with Gasteiger partial charge in [-0.25, -0.2) is 0 Å². The van der Waals surface area contributed by atoms with Crippen molar-refractivity contribution in [3.05, 3.63) is 53.6 Å². The van der Waals surface area contributed by atoms with Crippen LogP contribution in [0.15, 0.2) is 47.4 Å². The van der Waals surface area contributed by atoms with Gasteiger partial charge in [-0.3, -0.25) is 9.59 Å². The van der Waals surface area contributed by atoms with Crippen LogP contribution < -0.4 is 9.47 Å². The second kappa shape index (κ2) is 9.62. The van der Waals surface area contributed by atoms with Crippen molar-refractivity contribution in [2.45, 2.75) is 30.1 Å². The van der Waals surface area contributed by atoms with Gasteiger partial charge in [-0.2, -0.15) is 0 Å². The van der Waals surface area contributed by atoms with E-state index in [9.17, 15) is 14.7 Å². The van der Waals surface area contributed by atoms with E-state index in [1.165, 1.54) is 18.9 Å². The van der Waals surface area contributed by atoms with Gasteiger partial charge in [0.05, 0.1) is 32.7 Å². The number of benzene rings is 2. The number of hydrogen-bond donors (Lipinski definition) is 1. The van der Waals surface area contributed by atoms with Crippen LogP contribution in [0, 0.1) is 5.41 Å². The highest BCUT2D eigenvalue weighted by molar-refractivity contribution is 7.99. The fourth-order valence-corrected chi connectivity index (χ4v) is 5.37. The lowest BCUT2D eigenvalue weighted by Gasteiger charge is -2.43. The lowest BCUT2D eigenvalue weighted by atomic mass is 9.72. The molecule has 1 aliphatic rings. The molecule has 0 bridgehead atoms. The number of rotatable bonds is 7. The molecular formula is C23H26O7S. The Balaban J connectivity index is 2.32. The predicted octanol–water partition coefficient (Wildman–Crippen LogP) is 3.70. The van der Waals surface area contributed by atoms with E-state index in [0.717, 1.165) is 0 Å². The van der Waals surface area contributed by atoms with Gasteiger partial charge in [0.2, 0.25) is 5.41 Å². The predicted molar refractivity (Wildman–Crippen MR) is 115 cm³/mol. The van der Waals surface area contributed by atoms with E-state index in [-0.39, 0.29) is 13.2 Å². The topological polar surface area (TPSA) is 91.3 Å². The molecule has 0 fully saturated rings. The highest BCUT2D eigenvalue weighted by atomic mass is 32.2. The molecule has 2 aromatic rings. The van der Waals surface area contributed by atoms with Crippen molar-refractivity contribution in [1.29, 1.82) is 0 Å². The fourth-order valence-electron chi connectivity index (χ4n) is 3.79. The van der Waals surface area contributed by atoms with Crippen LogP contribution in [0.4, 0.5) is 0 Å². The Kier molecular flexibility index (Phi) is 7.12. The number of carbonyl (C=O) groups is 2. The number of thioether (sulfide) groups is 1. The molecule has 2 unspecified atom stereocenters. The van der Waals surface area contributed by atoms with E-state index in [2.05, 4.69) is 0 Å².